The first-order valence-corrected chi connectivity index (χ1v) is 11.0. The summed E-state index contributed by atoms with van der Waals surface area (Å²) in [5.74, 6) is 1.24. The van der Waals surface area contributed by atoms with Crippen molar-refractivity contribution in [2.45, 2.75) is 0 Å². The Morgan fingerprint density at radius 3 is 2.44 bits per heavy atom. The number of nitrogens with zero attached hydrogens (tertiary/aromatic N) is 6. The van der Waals surface area contributed by atoms with Crippen molar-refractivity contribution in [3.05, 3.63) is 58.5 Å². The third-order valence-electron chi connectivity index (χ3n) is 5.40. The molecule has 0 radical (unpaired) electrons. The highest BCUT2D eigenvalue weighted by atomic mass is 35.5. The van der Waals surface area contributed by atoms with Gasteiger partial charge in [-0.15, -0.1) is 0 Å². The molecule has 1 aromatic carbocycles. The van der Waals surface area contributed by atoms with Crippen LogP contribution in [0.1, 0.15) is 5.56 Å². The van der Waals surface area contributed by atoms with Crippen LogP contribution in [0, 0.1) is 0 Å². The number of rotatable bonds is 4. The Morgan fingerprint density at radius 1 is 1.00 bits per heavy atom. The Kier molecular flexibility index (Phi) is 5.82. The number of fused-ring (bicyclic) bond motifs is 1. The minimum Gasteiger partial charge on any atom is -0.378 e. The molecular weight excluding hydrogens is 449 g/mol. The maximum absolute atomic E-state index is 6.32. The van der Waals surface area contributed by atoms with Gasteiger partial charge in [-0.3, -0.25) is 4.98 Å². The first-order chi connectivity index (χ1) is 15.6. The van der Waals surface area contributed by atoms with Gasteiger partial charge in [0.25, 0.3) is 0 Å². The van der Waals surface area contributed by atoms with Crippen LogP contribution in [-0.4, -0.2) is 60.6 Å². The summed E-state index contributed by atoms with van der Waals surface area (Å²) in [6.45, 7) is 3.86. The van der Waals surface area contributed by atoms with Crippen LogP contribution >= 0.6 is 23.2 Å². The Bertz CT molecular complexity index is 1140. The quantitative estimate of drug-likeness (QED) is 0.608. The lowest BCUT2D eigenvalue weighted by molar-refractivity contribution is 0.122. The largest absolute Gasteiger partial charge is 0.378 e. The standard InChI is InChI=1S/C22H21Cl2N7O/c1-30-13-19(20-16(23)10-25-11-17(20)24)28-18-12-26-22(29-21(18)30)27-14-2-4-15(5-3-14)31-6-8-32-9-7-31/h2-5,10-12H,6-9,13H2,1H3,(H,26,27,29). The number of anilines is 4. The molecule has 10 heteroatoms. The molecule has 0 atom stereocenters. The van der Waals surface area contributed by atoms with Crippen molar-refractivity contribution in [3.63, 3.8) is 0 Å². The highest BCUT2D eigenvalue weighted by Gasteiger charge is 2.23. The van der Waals surface area contributed by atoms with Crippen molar-refractivity contribution in [1.82, 2.24) is 15.0 Å². The highest BCUT2D eigenvalue weighted by molar-refractivity contribution is 6.40. The molecule has 1 saturated heterocycles. The number of aliphatic imine (C=N–C) groups is 1. The van der Waals surface area contributed by atoms with Crippen molar-refractivity contribution in [1.29, 1.82) is 0 Å². The lowest BCUT2D eigenvalue weighted by Gasteiger charge is -2.29. The number of benzene rings is 1. The number of halogens is 2. The van der Waals surface area contributed by atoms with Crippen LogP contribution in [0.5, 0.6) is 0 Å². The van der Waals surface area contributed by atoms with Gasteiger partial charge >= 0.3 is 0 Å². The summed E-state index contributed by atoms with van der Waals surface area (Å²) in [5.41, 5.74) is 4.19. The van der Waals surface area contributed by atoms with E-state index in [-0.39, 0.29) is 0 Å². The number of ether oxygens (including phenoxy) is 1. The predicted molar refractivity (Wildman–Crippen MR) is 129 cm³/mol. The van der Waals surface area contributed by atoms with E-state index in [1.54, 1.807) is 18.6 Å². The summed E-state index contributed by atoms with van der Waals surface area (Å²) >= 11 is 12.6. The lowest BCUT2D eigenvalue weighted by Crippen LogP contribution is -2.36. The van der Waals surface area contributed by atoms with Gasteiger partial charge in [-0.2, -0.15) is 4.98 Å². The normalized spacial score (nSPS) is 15.9. The van der Waals surface area contributed by atoms with Gasteiger partial charge in [0.15, 0.2) is 5.82 Å². The number of morpholine rings is 1. The van der Waals surface area contributed by atoms with E-state index in [2.05, 4.69) is 37.3 Å². The average molecular weight is 470 g/mol. The highest BCUT2D eigenvalue weighted by Crippen LogP contribution is 2.34. The molecule has 0 bridgehead atoms. The molecule has 8 nitrogen and oxygen atoms in total. The Labute approximate surface area is 195 Å². The molecule has 1 fully saturated rings. The Morgan fingerprint density at radius 2 is 1.72 bits per heavy atom. The van der Waals surface area contributed by atoms with Crippen molar-refractivity contribution in [2.75, 3.05) is 55.0 Å². The topological polar surface area (TPSA) is 78.8 Å². The van der Waals surface area contributed by atoms with Gasteiger partial charge in [0.05, 0.1) is 41.7 Å². The molecule has 0 unspecified atom stereocenters. The van der Waals surface area contributed by atoms with Gasteiger partial charge in [0.1, 0.15) is 5.69 Å². The van der Waals surface area contributed by atoms with Gasteiger partial charge in [0.2, 0.25) is 5.95 Å². The summed E-state index contributed by atoms with van der Waals surface area (Å²) in [6.07, 6.45) is 4.83. The second-order valence-corrected chi connectivity index (χ2v) is 8.38. The molecule has 4 heterocycles. The minimum absolute atomic E-state index is 0.466. The molecule has 164 valence electrons. The van der Waals surface area contributed by atoms with E-state index in [0.29, 0.717) is 33.8 Å². The van der Waals surface area contributed by atoms with Gasteiger partial charge < -0.3 is 19.9 Å². The summed E-state index contributed by atoms with van der Waals surface area (Å²) in [7, 11) is 1.95. The maximum atomic E-state index is 6.32. The first-order valence-electron chi connectivity index (χ1n) is 10.2. The van der Waals surface area contributed by atoms with E-state index in [1.807, 2.05) is 24.1 Å². The fourth-order valence-corrected chi connectivity index (χ4v) is 4.38. The van der Waals surface area contributed by atoms with E-state index in [0.717, 1.165) is 43.5 Å². The monoisotopic (exact) mass is 469 g/mol. The van der Waals surface area contributed by atoms with Gasteiger partial charge in [0, 0.05) is 49.5 Å². The van der Waals surface area contributed by atoms with Crippen molar-refractivity contribution in [2.24, 2.45) is 4.99 Å². The maximum Gasteiger partial charge on any atom is 0.229 e. The molecule has 32 heavy (non-hydrogen) atoms. The first kappa shape index (κ1) is 20.9. The van der Waals surface area contributed by atoms with Crippen LogP contribution < -0.4 is 15.1 Å². The van der Waals surface area contributed by atoms with E-state index >= 15 is 0 Å². The van der Waals surface area contributed by atoms with Crippen LogP contribution in [-0.2, 0) is 4.74 Å². The van der Waals surface area contributed by atoms with E-state index in [9.17, 15) is 0 Å². The Balaban J connectivity index is 1.36. The molecule has 1 N–H and O–H groups in total. The van der Waals surface area contributed by atoms with E-state index in [1.165, 1.54) is 5.69 Å². The fourth-order valence-electron chi connectivity index (χ4n) is 3.79. The predicted octanol–water partition coefficient (Wildman–Crippen LogP) is 4.33. The molecule has 5 rings (SSSR count). The summed E-state index contributed by atoms with van der Waals surface area (Å²) in [5, 5.41) is 4.21. The third-order valence-corrected chi connectivity index (χ3v) is 5.97. The van der Waals surface area contributed by atoms with Crippen LogP contribution in [0.25, 0.3) is 0 Å². The molecule has 0 saturated carbocycles. The second kappa shape index (κ2) is 8.90. The average Bonchev–Trinajstić information content (AvgIpc) is 2.80. The lowest BCUT2D eigenvalue weighted by atomic mass is 10.1. The van der Waals surface area contributed by atoms with Crippen molar-refractivity contribution in [3.8, 4) is 0 Å². The zero-order valence-electron chi connectivity index (χ0n) is 17.4. The fraction of sp³-hybridized carbons (Fsp3) is 0.273. The Hall–Kier alpha value is -2.94. The number of hydrogen-bond acceptors (Lipinski definition) is 8. The van der Waals surface area contributed by atoms with Crippen LogP contribution in [0.3, 0.4) is 0 Å². The van der Waals surface area contributed by atoms with E-state index < -0.39 is 0 Å². The van der Waals surface area contributed by atoms with Crippen LogP contribution in [0.15, 0.2) is 47.8 Å². The molecule has 0 amide bonds. The zero-order chi connectivity index (χ0) is 22.1. The molecular formula is C22H21Cl2N7O. The molecule has 2 aromatic heterocycles. The summed E-state index contributed by atoms with van der Waals surface area (Å²) in [6, 6.07) is 8.25. The molecule has 2 aliphatic rings. The van der Waals surface area contributed by atoms with E-state index in [4.69, 9.17) is 32.9 Å². The van der Waals surface area contributed by atoms with Crippen molar-refractivity contribution >= 4 is 57.7 Å². The smallest absolute Gasteiger partial charge is 0.229 e. The molecule has 3 aromatic rings. The third kappa shape index (κ3) is 4.21. The summed E-state index contributed by atoms with van der Waals surface area (Å²) < 4.78 is 5.42. The summed E-state index contributed by atoms with van der Waals surface area (Å²) in [4.78, 5) is 22.1. The van der Waals surface area contributed by atoms with Crippen LogP contribution in [0.2, 0.25) is 10.0 Å². The number of nitrogens with one attached hydrogen (secondary N) is 1. The second-order valence-electron chi connectivity index (χ2n) is 7.57. The molecule has 0 aliphatic carbocycles. The zero-order valence-corrected chi connectivity index (χ0v) is 18.9. The number of hydrogen-bond donors (Lipinski definition) is 1. The SMILES string of the molecule is CN1CC(c2c(Cl)cncc2Cl)=Nc2cnc(Nc3ccc(N4CCOCC4)cc3)nc21. The number of aromatic nitrogens is 3. The minimum atomic E-state index is 0.466. The molecule has 2 aliphatic heterocycles. The van der Waals surface area contributed by atoms with Crippen molar-refractivity contribution < 1.29 is 4.74 Å². The number of pyridine rings is 1. The number of likely N-dealkylation sites (N-methyl/N-ethyl adjacent to an activating group) is 1. The van der Waals surface area contributed by atoms with Crippen LogP contribution in [0.4, 0.5) is 28.8 Å². The van der Waals surface area contributed by atoms with Gasteiger partial charge in [-0.1, -0.05) is 23.2 Å². The molecule has 0 spiro atoms. The van der Waals surface area contributed by atoms with Gasteiger partial charge in [-0.05, 0) is 24.3 Å². The van der Waals surface area contributed by atoms with Gasteiger partial charge in [-0.25, -0.2) is 9.98 Å².